The van der Waals surface area contributed by atoms with Crippen molar-refractivity contribution in [3.05, 3.63) is 100 Å². The van der Waals surface area contributed by atoms with Crippen LogP contribution in [0.2, 0.25) is 0 Å². The molecule has 150 valence electrons. The number of fused-ring (bicyclic) bond motifs is 1. The highest BCUT2D eigenvalue weighted by Gasteiger charge is 2.29. The zero-order valence-electron chi connectivity index (χ0n) is 17.3. The summed E-state index contributed by atoms with van der Waals surface area (Å²) < 4.78 is 0. The summed E-state index contributed by atoms with van der Waals surface area (Å²) in [4.78, 5) is 4.35. The van der Waals surface area contributed by atoms with Crippen molar-refractivity contribution in [3.8, 4) is 0 Å². The van der Waals surface area contributed by atoms with Gasteiger partial charge >= 0.3 is 0 Å². The summed E-state index contributed by atoms with van der Waals surface area (Å²) in [5.74, 6) is 0. The first kappa shape index (κ1) is 19.8. The number of benzene rings is 2. The molecule has 0 saturated heterocycles. The van der Waals surface area contributed by atoms with Gasteiger partial charge in [0.05, 0.1) is 12.3 Å². The first-order valence-corrected chi connectivity index (χ1v) is 10.5. The van der Waals surface area contributed by atoms with Crippen molar-refractivity contribution in [3.63, 3.8) is 0 Å². The molecule has 4 rings (SSSR count). The lowest BCUT2D eigenvalue weighted by Gasteiger charge is -2.18. The number of rotatable bonds is 8. The molecular formula is C25H30N4. The summed E-state index contributed by atoms with van der Waals surface area (Å²) in [5.41, 5.74) is 7.86. The van der Waals surface area contributed by atoms with Crippen LogP contribution in [0.25, 0.3) is 0 Å². The van der Waals surface area contributed by atoms with Crippen LogP contribution in [0.4, 0.5) is 0 Å². The predicted octanol–water partition coefficient (Wildman–Crippen LogP) is 3.96. The van der Waals surface area contributed by atoms with E-state index in [1.54, 1.807) is 0 Å². The molecule has 2 atom stereocenters. The molecule has 0 amide bonds. The highest BCUT2D eigenvalue weighted by Crippen LogP contribution is 2.29. The Morgan fingerprint density at radius 3 is 1.79 bits per heavy atom. The maximum Gasteiger partial charge on any atom is 0.0869 e. The molecule has 2 unspecified atom stereocenters. The number of pyridine rings is 1. The fourth-order valence-electron chi connectivity index (χ4n) is 3.84. The Balaban J connectivity index is 1.31. The highest BCUT2D eigenvalue weighted by atomic mass is 15.2. The molecule has 0 aliphatic carbocycles. The second kappa shape index (κ2) is 9.31. The minimum Gasteiger partial charge on any atom is -0.298 e. The van der Waals surface area contributed by atoms with Crippen LogP contribution < -0.4 is 16.0 Å². The van der Waals surface area contributed by atoms with Gasteiger partial charge < -0.3 is 0 Å². The average Bonchev–Trinajstić information content (AvgIpc) is 3.09. The topological polar surface area (TPSA) is 49.0 Å². The minimum atomic E-state index is 0.126. The average molecular weight is 387 g/mol. The predicted molar refractivity (Wildman–Crippen MR) is 119 cm³/mol. The quantitative estimate of drug-likeness (QED) is 0.548. The van der Waals surface area contributed by atoms with E-state index in [9.17, 15) is 0 Å². The van der Waals surface area contributed by atoms with Gasteiger partial charge in [0.2, 0.25) is 0 Å². The van der Waals surface area contributed by atoms with Crippen molar-refractivity contribution in [2.24, 2.45) is 0 Å². The molecule has 1 aliphatic heterocycles. The lowest BCUT2D eigenvalue weighted by Crippen LogP contribution is -2.37. The Morgan fingerprint density at radius 1 is 0.724 bits per heavy atom. The molecule has 0 spiro atoms. The Labute approximate surface area is 173 Å². The molecule has 3 N–H and O–H groups in total. The van der Waals surface area contributed by atoms with Gasteiger partial charge in [0, 0.05) is 31.0 Å². The van der Waals surface area contributed by atoms with E-state index in [0.29, 0.717) is 0 Å². The number of nitrogens with one attached hydrogen (secondary N) is 3. The molecule has 0 fully saturated rings. The molecule has 29 heavy (non-hydrogen) atoms. The van der Waals surface area contributed by atoms with Crippen LogP contribution in [0, 0.1) is 13.8 Å². The number of hydrogen-bond donors (Lipinski definition) is 3. The van der Waals surface area contributed by atoms with Gasteiger partial charge in [0.1, 0.15) is 0 Å². The maximum atomic E-state index is 4.35. The third-order valence-corrected chi connectivity index (χ3v) is 5.61. The normalized spacial score (nSPS) is 18.0. The van der Waals surface area contributed by atoms with Crippen LogP contribution in [-0.2, 0) is 12.8 Å². The van der Waals surface area contributed by atoms with Crippen molar-refractivity contribution >= 4 is 0 Å². The van der Waals surface area contributed by atoms with Gasteiger partial charge in [-0.2, -0.15) is 0 Å². The molecule has 2 heterocycles. The van der Waals surface area contributed by atoms with Gasteiger partial charge in [-0.05, 0) is 49.4 Å². The Morgan fingerprint density at radius 2 is 1.24 bits per heavy atom. The minimum absolute atomic E-state index is 0.126. The first-order valence-electron chi connectivity index (χ1n) is 10.5. The van der Waals surface area contributed by atoms with Crippen molar-refractivity contribution < 1.29 is 0 Å². The molecule has 0 radical (unpaired) electrons. The summed E-state index contributed by atoms with van der Waals surface area (Å²) >= 11 is 0. The van der Waals surface area contributed by atoms with Crippen LogP contribution >= 0.6 is 0 Å². The van der Waals surface area contributed by atoms with Crippen LogP contribution in [0.3, 0.4) is 0 Å². The molecule has 0 bridgehead atoms. The van der Waals surface area contributed by atoms with E-state index in [0.717, 1.165) is 25.9 Å². The summed E-state index contributed by atoms with van der Waals surface area (Å²) in [7, 11) is 0. The Bertz CT molecular complexity index is 842. The molecular weight excluding hydrogens is 356 g/mol. The highest BCUT2D eigenvalue weighted by molar-refractivity contribution is 5.34. The van der Waals surface area contributed by atoms with Gasteiger partial charge in [-0.3, -0.25) is 20.9 Å². The van der Waals surface area contributed by atoms with E-state index in [1.165, 1.54) is 33.4 Å². The van der Waals surface area contributed by atoms with E-state index in [2.05, 4.69) is 89.4 Å². The van der Waals surface area contributed by atoms with Crippen molar-refractivity contribution in [1.29, 1.82) is 0 Å². The molecule has 0 saturated carbocycles. The summed E-state index contributed by atoms with van der Waals surface area (Å²) in [5, 5.41) is 11.0. The summed E-state index contributed by atoms with van der Waals surface area (Å²) in [6, 6.07) is 19.7. The smallest absolute Gasteiger partial charge is 0.0869 e. The van der Waals surface area contributed by atoms with Gasteiger partial charge in [-0.25, -0.2) is 0 Å². The summed E-state index contributed by atoms with van der Waals surface area (Å²) in [6.07, 6.45) is 6.16. The Hall–Kier alpha value is -2.53. The zero-order chi connectivity index (χ0) is 20.1. The van der Waals surface area contributed by atoms with Crippen LogP contribution in [0.15, 0.2) is 67.0 Å². The lowest BCUT2D eigenvalue weighted by molar-refractivity contribution is 0.384. The standard InChI is InChI=1S/C25H30N4/c1-18-3-7-20(8-4-18)11-15-27-24-22-13-14-26-17-23(22)25(29-24)28-16-12-21-9-5-19(2)6-10-21/h3-10,13-14,17,24-25,27-29H,11-12,15-16H2,1-2H3. The van der Waals surface area contributed by atoms with E-state index < -0.39 is 0 Å². The third-order valence-electron chi connectivity index (χ3n) is 5.61. The number of hydrogen-bond acceptors (Lipinski definition) is 4. The van der Waals surface area contributed by atoms with E-state index in [4.69, 9.17) is 0 Å². The number of nitrogens with zero attached hydrogens (tertiary/aromatic N) is 1. The van der Waals surface area contributed by atoms with Crippen molar-refractivity contribution in [1.82, 2.24) is 20.9 Å². The van der Waals surface area contributed by atoms with Crippen LogP contribution in [0.1, 0.15) is 45.7 Å². The van der Waals surface area contributed by atoms with Gasteiger partial charge in [-0.15, -0.1) is 0 Å². The Kier molecular flexibility index (Phi) is 6.35. The molecule has 1 aromatic heterocycles. The fourth-order valence-corrected chi connectivity index (χ4v) is 3.84. The molecule has 4 heteroatoms. The van der Waals surface area contributed by atoms with Crippen LogP contribution in [-0.4, -0.2) is 18.1 Å². The molecule has 2 aromatic carbocycles. The van der Waals surface area contributed by atoms with Gasteiger partial charge in [0.15, 0.2) is 0 Å². The largest absolute Gasteiger partial charge is 0.298 e. The SMILES string of the molecule is Cc1ccc(CCNC2NC(NCCc3ccc(C)cc3)c3cnccc32)cc1. The maximum absolute atomic E-state index is 4.35. The molecule has 1 aliphatic rings. The van der Waals surface area contributed by atoms with Gasteiger partial charge in [-0.1, -0.05) is 59.7 Å². The number of aromatic nitrogens is 1. The van der Waals surface area contributed by atoms with Crippen molar-refractivity contribution in [2.75, 3.05) is 13.1 Å². The van der Waals surface area contributed by atoms with Gasteiger partial charge in [0.25, 0.3) is 0 Å². The summed E-state index contributed by atoms with van der Waals surface area (Å²) in [6.45, 7) is 6.10. The molecule has 3 aromatic rings. The second-order valence-corrected chi connectivity index (χ2v) is 7.92. The second-order valence-electron chi connectivity index (χ2n) is 7.92. The number of aryl methyl sites for hydroxylation is 2. The lowest BCUT2D eigenvalue weighted by atomic mass is 10.1. The monoisotopic (exact) mass is 386 g/mol. The van der Waals surface area contributed by atoms with Crippen molar-refractivity contribution in [2.45, 2.75) is 39.0 Å². The van der Waals surface area contributed by atoms with Crippen LogP contribution in [0.5, 0.6) is 0 Å². The first-order chi connectivity index (χ1) is 14.2. The third kappa shape index (κ3) is 5.10. The van der Waals surface area contributed by atoms with E-state index in [1.807, 2.05) is 12.4 Å². The zero-order valence-corrected chi connectivity index (χ0v) is 17.3. The van der Waals surface area contributed by atoms with E-state index in [-0.39, 0.29) is 12.3 Å². The van der Waals surface area contributed by atoms with E-state index >= 15 is 0 Å². The molecule has 4 nitrogen and oxygen atoms in total. The fraction of sp³-hybridized carbons (Fsp3) is 0.320.